The van der Waals surface area contributed by atoms with Gasteiger partial charge in [0, 0.05) is 19.5 Å². The molecule has 1 amide bonds. The molecule has 1 atom stereocenters. The molecule has 21 heavy (non-hydrogen) atoms. The van der Waals surface area contributed by atoms with E-state index < -0.39 is 0 Å². The molecule has 0 aliphatic heterocycles. The van der Waals surface area contributed by atoms with Crippen molar-refractivity contribution in [2.24, 2.45) is 5.92 Å². The minimum Gasteiger partial charge on any atom is -0.378 e. The molecule has 0 saturated heterocycles. The molecule has 0 aromatic heterocycles. The summed E-state index contributed by atoms with van der Waals surface area (Å²) in [6.07, 6.45) is 1.38. The number of hydrogen-bond acceptors (Lipinski definition) is 6. The van der Waals surface area contributed by atoms with Gasteiger partial charge < -0.3 is 29.6 Å². The van der Waals surface area contributed by atoms with Crippen LogP contribution in [0.25, 0.3) is 0 Å². The maximum atomic E-state index is 10.9. The van der Waals surface area contributed by atoms with Gasteiger partial charge in [-0.1, -0.05) is 6.92 Å². The summed E-state index contributed by atoms with van der Waals surface area (Å²) >= 11 is 0. The fourth-order valence-corrected chi connectivity index (χ4v) is 1.47. The zero-order chi connectivity index (χ0) is 15.8. The first-order valence-corrected chi connectivity index (χ1v) is 7.34. The third-order valence-corrected chi connectivity index (χ3v) is 2.62. The molecular formula is C14H28N2O5. The number of nitrogens with one attached hydrogen (secondary N) is 2. The molecule has 0 bridgehead atoms. The van der Waals surface area contributed by atoms with Crippen LogP contribution in [-0.2, 0) is 23.8 Å². The van der Waals surface area contributed by atoms with Crippen LogP contribution in [0.5, 0.6) is 0 Å². The average molecular weight is 304 g/mol. The molecule has 0 aliphatic carbocycles. The van der Waals surface area contributed by atoms with Crippen LogP contribution in [0.15, 0.2) is 0 Å². The standard InChI is InChI=1S/C14H28N2O5/c1-3-14(18)16-4-5-19-6-7-20-8-9-21-12-13(11-17)10-15-2/h11,13,15H,3-10,12H2,1-2H3,(H,16,18). The molecule has 7 heteroatoms. The molecule has 0 aromatic carbocycles. The Balaban J connectivity index is 3.18. The summed E-state index contributed by atoms with van der Waals surface area (Å²) < 4.78 is 15.9. The van der Waals surface area contributed by atoms with Crippen molar-refractivity contribution < 1.29 is 23.8 Å². The molecule has 0 saturated carbocycles. The number of amides is 1. The summed E-state index contributed by atoms with van der Waals surface area (Å²) in [5.74, 6) is -0.0874. The van der Waals surface area contributed by atoms with E-state index >= 15 is 0 Å². The van der Waals surface area contributed by atoms with E-state index in [9.17, 15) is 9.59 Å². The Labute approximate surface area is 126 Å². The van der Waals surface area contributed by atoms with Crippen LogP contribution in [0.2, 0.25) is 0 Å². The average Bonchev–Trinajstić information content (AvgIpc) is 2.51. The van der Waals surface area contributed by atoms with Crippen molar-refractivity contribution in [3.05, 3.63) is 0 Å². The highest BCUT2D eigenvalue weighted by molar-refractivity contribution is 5.75. The zero-order valence-corrected chi connectivity index (χ0v) is 13.1. The number of ether oxygens (including phenoxy) is 3. The van der Waals surface area contributed by atoms with E-state index in [0.717, 1.165) is 6.29 Å². The fraction of sp³-hybridized carbons (Fsp3) is 0.857. The van der Waals surface area contributed by atoms with Gasteiger partial charge in [-0.15, -0.1) is 0 Å². The molecule has 0 rings (SSSR count). The largest absolute Gasteiger partial charge is 0.378 e. The molecule has 0 radical (unpaired) electrons. The predicted octanol–water partition coefficient (Wildman–Crippen LogP) is -0.403. The lowest BCUT2D eigenvalue weighted by atomic mass is 10.2. The Hall–Kier alpha value is -1.02. The lowest BCUT2D eigenvalue weighted by Crippen LogP contribution is -2.26. The van der Waals surface area contributed by atoms with Gasteiger partial charge in [0.15, 0.2) is 0 Å². The maximum absolute atomic E-state index is 10.9. The van der Waals surface area contributed by atoms with Gasteiger partial charge >= 0.3 is 0 Å². The highest BCUT2D eigenvalue weighted by atomic mass is 16.5. The molecule has 1 unspecified atom stereocenters. The summed E-state index contributed by atoms with van der Waals surface area (Å²) in [6.45, 7) is 5.74. The molecule has 7 nitrogen and oxygen atoms in total. The Morgan fingerprint density at radius 1 is 1.10 bits per heavy atom. The van der Waals surface area contributed by atoms with E-state index in [1.807, 2.05) is 6.92 Å². The highest BCUT2D eigenvalue weighted by Gasteiger charge is 2.05. The van der Waals surface area contributed by atoms with Crippen molar-refractivity contribution in [1.82, 2.24) is 10.6 Å². The van der Waals surface area contributed by atoms with Gasteiger partial charge in [0.2, 0.25) is 5.91 Å². The van der Waals surface area contributed by atoms with Gasteiger partial charge in [0.05, 0.1) is 45.6 Å². The number of carbonyl (C=O) groups is 2. The fourth-order valence-electron chi connectivity index (χ4n) is 1.47. The van der Waals surface area contributed by atoms with E-state index in [1.54, 1.807) is 7.05 Å². The molecule has 0 aromatic rings. The van der Waals surface area contributed by atoms with Gasteiger partial charge in [-0.2, -0.15) is 0 Å². The monoisotopic (exact) mass is 304 g/mol. The van der Waals surface area contributed by atoms with Crippen molar-refractivity contribution >= 4 is 12.2 Å². The first-order valence-electron chi connectivity index (χ1n) is 7.34. The van der Waals surface area contributed by atoms with E-state index in [1.165, 1.54) is 0 Å². The molecule has 0 heterocycles. The van der Waals surface area contributed by atoms with E-state index in [2.05, 4.69) is 10.6 Å². The van der Waals surface area contributed by atoms with Crippen molar-refractivity contribution in [2.45, 2.75) is 13.3 Å². The van der Waals surface area contributed by atoms with Crippen molar-refractivity contribution in [1.29, 1.82) is 0 Å². The molecule has 0 fully saturated rings. The number of hydrogen-bond donors (Lipinski definition) is 2. The number of aldehydes is 1. The zero-order valence-electron chi connectivity index (χ0n) is 13.1. The molecule has 0 spiro atoms. The van der Waals surface area contributed by atoms with Gasteiger partial charge in [-0.05, 0) is 7.05 Å². The SMILES string of the molecule is CCC(=O)NCCOCCOCCOCC(C=O)CNC. The first kappa shape index (κ1) is 20.0. The van der Waals surface area contributed by atoms with Crippen molar-refractivity contribution in [2.75, 3.05) is 59.8 Å². The van der Waals surface area contributed by atoms with Crippen molar-refractivity contribution in [3.8, 4) is 0 Å². The highest BCUT2D eigenvalue weighted by Crippen LogP contribution is 1.91. The first-order chi connectivity index (χ1) is 10.2. The summed E-state index contributed by atoms with van der Waals surface area (Å²) in [4.78, 5) is 21.6. The van der Waals surface area contributed by atoms with Crippen LogP contribution in [-0.4, -0.2) is 72.0 Å². The second-order valence-electron chi connectivity index (χ2n) is 4.46. The number of rotatable bonds is 15. The Morgan fingerprint density at radius 3 is 2.29 bits per heavy atom. The van der Waals surface area contributed by atoms with Gasteiger partial charge in [-0.3, -0.25) is 4.79 Å². The third kappa shape index (κ3) is 13.7. The second kappa shape index (κ2) is 15.4. The quantitative estimate of drug-likeness (QED) is 0.316. The summed E-state index contributed by atoms with van der Waals surface area (Å²) in [5.41, 5.74) is 0. The Morgan fingerprint density at radius 2 is 1.71 bits per heavy atom. The topological polar surface area (TPSA) is 85.9 Å². The number of carbonyl (C=O) groups excluding carboxylic acids is 2. The second-order valence-corrected chi connectivity index (χ2v) is 4.46. The van der Waals surface area contributed by atoms with Crippen LogP contribution >= 0.6 is 0 Å². The Kier molecular flexibility index (Phi) is 14.6. The normalized spacial score (nSPS) is 12.1. The predicted molar refractivity (Wildman–Crippen MR) is 79.2 cm³/mol. The lowest BCUT2D eigenvalue weighted by molar-refractivity contribution is -0.121. The summed E-state index contributed by atoms with van der Waals surface area (Å²) in [6, 6.07) is 0. The summed E-state index contributed by atoms with van der Waals surface area (Å²) in [7, 11) is 1.80. The van der Waals surface area contributed by atoms with Crippen LogP contribution in [0.1, 0.15) is 13.3 Å². The molecule has 124 valence electrons. The maximum Gasteiger partial charge on any atom is 0.219 e. The van der Waals surface area contributed by atoms with E-state index in [-0.39, 0.29) is 11.8 Å². The van der Waals surface area contributed by atoms with Crippen molar-refractivity contribution in [3.63, 3.8) is 0 Å². The van der Waals surface area contributed by atoms with Crippen LogP contribution in [0, 0.1) is 5.92 Å². The molecular weight excluding hydrogens is 276 g/mol. The van der Waals surface area contributed by atoms with Gasteiger partial charge in [0.1, 0.15) is 6.29 Å². The third-order valence-electron chi connectivity index (χ3n) is 2.62. The Bertz CT molecular complexity index is 264. The molecule has 0 aliphatic rings. The smallest absolute Gasteiger partial charge is 0.219 e. The lowest BCUT2D eigenvalue weighted by Gasteiger charge is -2.10. The van der Waals surface area contributed by atoms with Gasteiger partial charge in [-0.25, -0.2) is 0 Å². The minimum atomic E-state index is -0.114. The van der Waals surface area contributed by atoms with Crippen LogP contribution in [0.4, 0.5) is 0 Å². The summed E-state index contributed by atoms with van der Waals surface area (Å²) in [5, 5.41) is 5.65. The van der Waals surface area contributed by atoms with Crippen LogP contribution < -0.4 is 10.6 Å². The van der Waals surface area contributed by atoms with Gasteiger partial charge in [0.25, 0.3) is 0 Å². The molecule has 2 N–H and O–H groups in total. The minimum absolute atomic E-state index is 0.0268. The van der Waals surface area contributed by atoms with E-state index in [0.29, 0.717) is 59.2 Å². The van der Waals surface area contributed by atoms with E-state index in [4.69, 9.17) is 14.2 Å². The van der Waals surface area contributed by atoms with Crippen LogP contribution in [0.3, 0.4) is 0 Å².